The summed E-state index contributed by atoms with van der Waals surface area (Å²) in [7, 11) is 1.65. The molecule has 116 valence electrons. The van der Waals surface area contributed by atoms with E-state index in [1.165, 1.54) is 0 Å². The van der Waals surface area contributed by atoms with Crippen LogP contribution in [0.4, 0.5) is 5.82 Å². The van der Waals surface area contributed by atoms with Gasteiger partial charge in [-0.3, -0.25) is 0 Å². The second-order valence-corrected chi connectivity index (χ2v) is 5.76. The van der Waals surface area contributed by atoms with Gasteiger partial charge in [-0.15, -0.1) is 0 Å². The van der Waals surface area contributed by atoms with Gasteiger partial charge in [-0.25, -0.2) is 9.78 Å². The predicted molar refractivity (Wildman–Crippen MR) is 82.2 cm³/mol. The Bertz CT molecular complexity index is 514. The van der Waals surface area contributed by atoms with Crippen LogP contribution in [0, 0.1) is 0 Å². The van der Waals surface area contributed by atoms with Gasteiger partial charge in [0.15, 0.2) is 0 Å². The summed E-state index contributed by atoms with van der Waals surface area (Å²) >= 11 is 0. The standard InChI is InChI=1S/C16H24N2O3/c1-11(2)18(8-9-21-3)15-13(16(19)20)10-12-6-4-5-7-14(12)17-15/h10-11H,4-9H2,1-3H3,(H,19,20). The molecule has 1 aliphatic carbocycles. The third-order valence-electron chi connectivity index (χ3n) is 3.94. The van der Waals surface area contributed by atoms with E-state index in [2.05, 4.69) is 0 Å². The number of aromatic carboxylic acids is 1. The van der Waals surface area contributed by atoms with Crippen LogP contribution in [-0.4, -0.2) is 42.4 Å². The van der Waals surface area contributed by atoms with Crippen molar-refractivity contribution >= 4 is 11.8 Å². The number of methoxy groups -OCH3 is 1. The van der Waals surface area contributed by atoms with E-state index in [0.717, 1.165) is 36.9 Å². The maximum Gasteiger partial charge on any atom is 0.339 e. The molecule has 0 spiro atoms. The van der Waals surface area contributed by atoms with Crippen LogP contribution in [-0.2, 0) is 17.6 Å². The third kappa shape index (κ3) is 3.53. The number of carboxylic acids is 1. The van der Waals surface area contributed by atoms with E-state index in [1.54, 1.807) is 7.11 Å². The number of carbonyl (C=O) groups is 1. The Labute approximate surface area is 125 Å². The van der Waals surface area contributed by atoms with Gasteiger partial charge in [0.05, 0.1) is 6.61 Å². The molecule has 0 unspecified atom stereocenters. The SMILES string of the molecule is COCCN(c1nc2c(cc1C(=O)O)CCCC2)C(C)C. The molecule has 1 aromatic heterocycles. The number of fused-ring (bicyclic) bond motifs is 1. The fraction of sp³-hybridized carbons (Fsp3) is 0.625. The first-order valence-corrected chi connectivity index (χ1v) is 7.56. The summed E-state index contributed by atoms with van der Waals surface area (Å²) in [5.41, 5.74) is 2.46. The van der Waals surface area contributed by atoms with Gasteiger partial charge in [-0.2, -0.15) is 0 Å². The van der Waals surface area contributed by atoms with Gasteiger partial charge < -0.3 is 14.7 Å². The Morgan fingerprint density at radius 2 is 2.14 bits per heavy atom. The van der Waals surface area contributed by atoms with Crippen molar-refractivity contribution in [3.05, 3.63) is 22.9 Å². The smallest absolute Gasteiger partial charge is 0.339 e. The molecule has 0 radical (unpaired) electrons. The molecule has 0 atom stereocenters. The lowest BCUT2D eigenvalue weighted by Gasteiger charge is -2.30. The van der Waals surface area contributed by atoms with E-state index in [-0.39, 0.29) is 6.04 Å². The average molecular weight is 292 g/mol. The minimum atomic E-state index is -0.908. The molecule has 5 heteroatoms. The second-order valence-electron chi connectivity index (χ2n) is 5.76. The molecule has 0 aliphatic heterocycles. The average Bonchev–Trinajstić information content (AvgIpc) is 2.46. The van der Waals surface area contributed by atoms with Crippen molar-refractivity contribution in [2.75, 3.05) is 25.2 Å². The van der Waals surface area contributed by atoms with Crippen molar-refractivity contribution in [2.45, 2.75) is 45.6 Å². The van der Waals surface area contributed by atoms with Gasteiger partial charge in [-0.1, -0.05) is 0 Å². The summed E-state index contributed by atoms with van der Waals surface area (Å²) in [6.07, 6.45) is 4.12. The van der Waals surface area contributed by atoms with Crippen LogP contribution in [0.25, 0.3) is 0 Å². The summed E-state index contributed by atoms with van der Waals surface area (Å²) < 4.78 is 5.14. The molecule has 0 aromatic carbocycles. The van der Waals surface area contributed by atoms with Crippen LogP contribution in [0.3, 0.4) is 0 Å². The van der Waals surface area contributed by atoms with Gasteiger partial charge in [0.1, 0.15) is 11.4 Å². The lowest BCUT2D eigenvalue weighted by atomic mass is 9.94. The number of aromatic nitrogens is 1. The van der Waals surface area contributed by atoms with Gasteiger partial charge in [-0.05, 0) is 51.2 Å². The molecule has 5 nitrogen and oxygen atoms in total. The monoisotopic (exact) mass is 292 g/mol. The molecular weight excluding hydrogens is 268 g/mol. The fourth-order valence-corrected chi connectivity index (χ4v) is 2.80. The normalized spacial score (nSPS) is 14.1. The third-order valence-corrected chi connectivity index (χ3v) is 3.94. The number of rotatable bonds is 6. The quantitative estimate of drug-likeness (QED) is 0.873. The predicted octanol–water partition coefficient (Wildman–Crippen LogP) is 2.52. The molecule has 1 heterocycles. The van der Waals surface area contributed by atoms with Crippen molar-refractivity contribution < 1.29 is 14.6 Å². The molecule has 0 bridgehead atoms. The number of hydrogen-bond donors (Lipinski definition) is 1. The summed E-state index contributed by atoms with van der Waals surface area (Å²) in [5.74, 6) is -0.329. The number of anilines is 1. The Morgan fingerprint density at radius 1 is 1.43 bits per heavy atom. The zero-order valence-electron chi connectivity index (χ0n) is 13.1. The minimum Gasteiger partial charge on any atom is -0.478 e. The first-order valence-electron chi connectivity index (χ1n) is 7.56. The van der Waals surface area contributed by atoms with Crippen LogP contribution in [0.1, 0.15) is 48.3 Å². The van der Waals surface area contributed by atoms with Gasteiger partial charge in [0, 0.05) is 25.4 Å². The molecule has 0 saturated heterocycles. The maximum absolute atomic E-state index is 11.6. The second kappa shape index (κ2) is 6.89. The molecule has 1 N–H and O–H groups in total. The highest BCUT2D eigenvalue weighted by atomic mass is 16.5. The van der Waals surface area contributed by atoms with Gasteiger partial charge in [0.2, 0.25) is 0 Å². The van der Waals surface area contributed by atoms with Crippen molar-refractivity contribution in [2.24, 2.45) is 0 Å². The molecule has 21 heavy (non-hydrogen) atoms. The van der Waals surface area contributed by atoms with E-state index in [1.807, 2.05) is 24.8 Å². The highest BCUT2D eigenvalue weighted by molar-refractivity contribution is 5.93. The number of carboxylic acid groups (broad SMARTS) is 1. The lowest BCUT2D eigenvalue weighted by Crippen LogP contribution is -2.36. The fourth-order valence-electron chi connectivity index (χ4n) is 2.80. The summed E-state index contributed by atoms with van der Waals surface area (Å²) in [4.78, 5) is 18.3. The van der Waals surface area contributed by atoms with Crippen LogP contribution in [0.15, 0.2) is 6.07 Å². The van der Waals surface area contributed by atoms with Crippen molar-refractivity contribution in [1.29, 1.82) is 0 Å². The number of ether oxygens (including phenoxy) is 1. The van der Waals surface area contributed by atoms with Crippen LogP contribution in [0.2, 0.25) is 0 Å². The first kappa shape index (κ1) is 15.8. The van der Waals surface area contributed by atoms with Crippen LogP contribution in [0.5, 0.6) is 0 Å². The molecule has 0 saturated carbocycles. The van der Waals surface area contributed by atoms with E-state index in [0.29, 0.717) is 24.5 Å². The van der Waals surface area contributed by atoms with Gasteiger partial charge >= 0.3 is 5.97 Å². The zero-order chi connectivity index (χ0) is 15.4. The lowest BCUT2D eigenvalue weighted by molar-refractivity contribution is 0.0696. The number of nitrogens with zero attached hydrogens (tertiary/aromatic N) is 2. The van der Waals surface area contributed by atoms with E-state index in [4.69, 9.17) is 9.72 Å². The van der Waals surface area contributed by atoms with E-state index in [9.17, 15) is 9.90 Å². The first-order chi connectivity index (χ1) is 10.0. The van der Waals surface area contributed by atoms with Gasteiger partial charge in [0.25, 0.3) is 0 Å². The number of hydrogen-bond acceptors (Lipinski definition) is 4. The molecule has 1 aliphatic rings. The molecule has 2 rings (SSSR count). The van der Waals surface area contributed by atoms with Crippen LogP contribution >= 0.6 is 0 Å². The van der Waals surface area contributed by atoms with Crippen molar-refractivity contribution in [3.63, 3.8) is 0 Å². The molecule has 0 amide bonds. The zero-order valence-corrected chi connectivity index (χ0v) is 13.1. The Balaban J connectivity index is 2.45. The van der Waals surface area contributed by atoms with E-state index < -0.39 is 5.97 Å². The van der Waals surface area contributed by atoms with E-state index >= 15 is 0 Å². The summed E-state index contributed by atoms with van der Waals surface area (Å²) in [6.45, 7) is 5.28. The topological polar surface area (TPSA) is 62.7 Å². The molecule has 0 fully saturated rings. The highest BCUT2D eigenvalue weighted by Gasteiger charge is 2.23. The maximum atomic E-state index is 11.6. The summed E-state index contributed by atoms with van der Waals surface area (Å²) in [5, 5.41) is 9.53. The molecule has 1 aromatic rings. The Morgan fingerprint density at radius 3 is 2.76 bits per heavy atom. The Hall–Kier alpha value is -1.62. The highest BCUT2D eigenvalue weighted by Crippen LogP contribution is 2.28. The minimum absolute atomic E-state index is 0.174. The van der Waals surface area contributed by atoms with Crippen molar-refractivity contribution in [1.82, 2.24) is 4.98 Å². The summed E-state index contributed by atoms with van der Waals surface area (Å²) in [6, 6.07) is 1.99. The van der Waals surface area contributed by atoms with Crippen molar-refractivity contribution in [3.8, 4) is 0 Å². The number of aryl methyl sites for hydroxylation is 2. The largest absolute Gasteiger partial charge is 0.478 e. The number of pyridine rings is 1. The molecular formula is C16H24N2O3. The Kier molecular flexibility index (Phi) is 5.17. The van der Waals surface area contributed by atoms with Crippen LogP contribution < -0.4 is 4.90 Å².